The first kappa shape index (κ1) is 19.2. The zero-order chi connectivity index (χ0) is 19.4. The number of piperazine rings is 1. The molecule has 0 saturated carbocycles. The summed E-state index contributed by atoms with van der Waals surface area (Å²) in [5.41, 5.74) is 2.51. The van der Waals surface area contributed by atoms with E-state index in [1.165, 1.54) is 5.56 Å². The summed E-state index contributed by atoms with van der Waals surface area (Å²) in [6.45, 7) is 11.4. The second-order valence-electron chi connectivity index (χ2n) is 8.05. The molecule has 1 aromatic carbocycles. The molecule has 0 unspecified atom stereocenters. The number of pyridine rings is 1. The summed E-state index contributed by atoms with van der Waals surface area (Å²) in [6.07, 6.45) is 3.11. The van der Waals surface area contributed by atoms with Crippen LogP contribution in [0.4, 0.5) is 5.69 Å². The van der Waals surface area contributed by atoms with Crippen molar-refractivity contribution in [2.45, 2.75) is 39.2 Å². The zero-order valence-electron chi connectivity index (χ0n) is 16.7. The number of nitrogens with zero attached hydrogens (tertiary/aromatic N) is 3. The predicted octanol–water partition coefficient (Wildman–Crippen LogP) is 3.50. The Hall–Kier alpha value is -2.56. The van der Waals surface area contributed by atoms with Gasteiger partial charge in [-0.1, -0.05) is 32.9 Å². The summed E-state index contributed by atoms with van der Waals surface area (Å²) in [4.78, 5) is 21.0. The van der Waals surface area contributed by atoms with Crippen LogP contribution in [0.3, 0.4) is 0 Å². The highest BCUT2D eigenvalue weighted by Crippen LogP contribution is 2.25. The number of hydrogen-bond donors (Lipinski definition) is 0. The molecule has 2 aromatic rings. The number of rotatable bonds is 4. The molecule has 5 heteroatoms. The van der Waals surface area contributed by atoms with Crippen molar-refractivity contribution in [1.29, 1.82) is 0 Å². The van der Waals surface area contributed by atoms with E-state index in [0.29, 0.717) is 13.1 Å². The summed E-state index contributed by atoms with van der Waals surface area (Å²) in [7, 11) is 0. The van der Waals surface area contributed by atoms with Crippen molar-refractivity contribution in [2.75, 3.05) is 31.1 Å². The Morgan fingerprint density at radius 2 is 1.59 bits per heavy atom. The number of carbonyl (C=O) groups is 1. The van der Waals surface area contributed by atoms with Crippen LogP contribution in [0.15, 0.2) is 48.8 Å². The van der Waals surface area contributed by atoms with Gasteiger partial charge in [-0.05, 0) is 42.2 Å². The highest BCUT2D eigenvalue weighted by atomic mass is 16.5. The Balaban J connectivity index is 1.54. The third-order valence-electron chi connectivity index (χ3n) is 5.00. The molecule has 1 amide bonds. The van der Waals surface area contributed by atoms with Gasteiger partial charge in [-0.15, -0.1) is 0 Å². The first-order valence-electron chi connectivity index (χ1n) is 9.55. The van der Waals surface area contributed by atoms with Crippen LogP contribution in [0, 0.1) is 0 Å². The fourth-order valence-electron chi connectivity index (χ4n) is 3.29. The van der Waals surface area contributed by atoms with Crippen molar-refractivity contribution in [3.05, 3.63) is 54.4 Å². The third-order valence-corrected chi connectivity index (χ3v) is 5.00. The fourth-order valence-corrected chi connectivity index (χ4v) is 3.29. The maximum Gasteiger partial charge on any atom is 0.263 e. The van der Waals surface area contributed by atoms with Crippen LogP contribution in [0.5, 0.6) is 5.75 Å². The summed E-state index contributed by atoms with van der Waals surface area (Å²) in [5, 5.41) is 0. The van der Waals surface area contributed by atoms with E-state index in [9.17, 15) is 4.79 Å². The molecule has 2 heterocycles. The lowest BCUT2D eigenvalue weighted by molar-refractivity contribution is -0.138. The molecule has 1 aliphatic rings. The van der Waals surface area contributed by atoms with E-state index in [-0.39, 0.29) is 11.3 Å². The topological polar surface area (TPSA) is 45.7 Å². The quantitative estimate of drug-likeness (QED) is 0.830. The van der Waals surface area contributed by atoms with Gasteiger partial charge in [0.25, 0.3) is 5.91 Å². The number of ether oxygens (including phenoxy) is 1. The summed E-state index contributed by atoms with van der Waals surface area (Å²) < 4.78 is 5.90. The lowest BCUT2D eigenvalue weighted by atomic mass is 9.87. The van der Waals surface area contributed by atoms with Gasteiger partial charge in [-0.2, -0.15) is 0 Å². The van der Waals surface area contributed by atoms with Crippen molar-refractivity contribution < 1.29 is 9.53 Å². The molecule has 3 rings (SSSR count). The average molecular weight is 367 g/mol. The largest absolute Gasteiger partial charge is 0.481 e. The van der Waals surface area contributed by atoms with Crippen molar-refractivity contribution in [3.8, 4) is 5.75 Å². The molecule has 1 fully saturated rings. The molecule has 27 heavy (non-hydrogen) atoms. The Labute approximate surface area is 162 Å². The van der Waals surface area contributed by atoms with Gasteiger partial charge in [-0.25, -0.2) is 0 Å². The standard InChI is InChI=1S/C22H29N3O2/c1-17(27-20-7-5-18(6-8-20)22(2,3)4)21(26)25-15-13-24(14-16-25)19-9-11-23-12-10-19/h5-12,17H,13-16H2,1-4H3/t17-/m1/s1. The van der Waals surface area contributed by atoms with Crippen molar-refractivity contribution in [2.24, 2.45) is 0 Å². The maximum absolute atomic E-state index is 12.7. The molecule has 0 bridgehead atoms. The summed E-state index contributed by atoms with van der Waals surface area (Å²) in [5.74, 6) is 0.781. The average Bonchev–Trinajstić information content (AvgIpc) is 2.68. The van der Waals surface area contributed by atoms with Gasteiger partial charge in [0, 0.05) is 44.3 Å². The minimum absolute atomic E-state index is 0.0456. The van der Waals surface area contributed by atoms with Crippen LogP contribution in [0.25, 0.3) is 0 Å². The maximum atomic E-state index is 12.7. The molecule has 0 spiro atoms. The highest BCUT2D eigenvalue weighted by molar-refractivity contribution is 5.81. The van der Waals surface area contributed by atoms with Crippen molar-refractivity contribution in [1.82, 2.24) is 9.88 Å². The Bertz CT molecular complexity index is 745. The molecule has 1 saturated heterocycles. The first-order valence-corrected chi connectivity index (χ1v) is 9.55. The van der Waals surface area contributed by atoms with E-state index in [1.54, 1.807) is 12.4 Å². The van der Waals surface area contributed by atoms with Gasteiger partial charge >= 0.3 is 0 Å². The van der Waals surface area contributed by atoms with Crippen LogP contribution in [0.2, 0.25) is 0 Å². The minimum Gasteiger partial charge on any atom is -0.481 e. The van der Waals surface area contributed by atoms with E-state index in [2.05, 4.69) is 42.8 Å². The first-order chi connectivity index (χ1) is 12.8. The third kappa shape index (κ3) is 4.79. The van der Waals surface area contributed by atoms with E-state index in [1.807, 2.05) is 36.1 Å². The zero-order valence-corrected chi connectivity index (χ0v) is 16.7. The number of amides is 1. The van der Waals surface area contributed by atoms with Crippen LogP contribution in [-0.4, -0.2) is 48.1 Å². The van der Waals surface area contributed by atoms with Crippen LogP contribution >= 0.6 is 0 Å². The van der Waals surface area contributed by atoms with E-state index < -0.39 is 6.10 Å². The van der Waals surface area contributed by atoms with Crippen molar-refractivity contribution in [3.63, 3.8) is 0 Å². The number of anilines is 1. The Kier molecular flexibility index (Phi) is 5.68. The Morgan fingerprint density at radius 3 is 2.15 bits per heavy atom. The predicted molar refractivity (Wildman–Crippen MR) is 108 cm³/mol. The van der Waals surface area contributed by atoms with Gasteiger partial charge in [0.1, 0.15) is 5.75 Å². The number of aromatic nitrogens is 1. The second-order valence-corrected chi connectivity index (χ2v) is 8.05. The SMILES string of the molecule is C[C@@H](Oc1ccc(C(C)(C)C)cc1)C(=O)N1CCN(c2ccncc2)CC1. The number of benzene rings is 1. The molecule has 1 aromatic heterocycles. The molecule has 0 N–H and O–H groups in total. The van der Waals surface area contributed by atoms with Crippen LogP contribution in [-0.2, 0) is 10.2 Å². The van der Waals surface area contributed by atoms with Gasteiger partial charge in [-0.3, -0.25) is 9.78 Å². The lowest BCUT2D eigenvalue weighted by Gasteiger charge is -2.37. The van der Waals surface area contributed by atoms with Crippen LogP contribution in [0.1, 0.15) is 33.3 Å². The monoisotopic (exact) mass is 367 g/mol. The molecule has 0 radical (unpaired) electrons. The van der Waals surface area contributed by atoms with Crippen molar-refractivity contribution >= 4 is 11.6 Å². The molecular formula is C22H29N3O2. The summed E-state index contributed by atoms with van der Waals surface area (Å²) in [6, 6.07) is 12.0. The normalized spacial score (nSPS) is 16.1. The molecular weight excluding hydrogens is 338 g/mol. The highest BCUT2D eigenvalue weighted by Gasteiger charge is 2.26. The van der Waals surface area contributed by atoms with E-state index in [4.69, 9.17) is 4.74 Å². The minimum atomic E-state index is -0.488. The Morgan fingerprint density at radius 1 is 1.00 bits per heavy atom. The molecule has 1 atom stereocenters. The van der Waals surface area contributed by atoms with Crippen LogP contribution < -0.4 is 9.64 Å². The van der Waals surface area contributed by atoms with E-state index in [0.717, 1.165) is 24.5 Å². The van der Waals surface area contributed by atoms with Gasteiger partial charge in [0.2, 0.25) is 0 Å². The number of hydrogen-bond acceptors (Lipinski definition) is 4. The molecule has 1 aliphatic heterocycles. The van der Waals surface area contributed by atoms with Gasteiger partial charge in [0.15, 0.2) is 6.10 Å². The van der Waals surface area contributed by atoms with Gasteiger partial charge < -0.3 is 14.5 Å². The molecule has 0 aliphatic carbocycles. The molecule has 5 nitrogen and oxygen atoms in total. The molecule has 144 valence electrons. The van der Waals surface area contributed by atoms with Gasteiger partial charge in [0.05, 0.1) is 0 Å². The smallest absolute Gasteiger partial charge is 0.263 e. The van der Waals surface area contributed by atoms with E-state index >= 15 is 0 Å². The second kappa shape index (κ2) is 7.99. The lowest BCUT2D eigenvalue weighted by Crippen LogP contribution is -2.52. The fraction of sp³-hybridized carbons (Fsp3) is 0.455. The summed E-state index contributed by atoms with van der Waals surface area (Å²) >= 11 is 0. The number of carbonyl (C=O) groups excluding carboxylic acids is 1.